The van der Waals surface area contributed by atoms with Crippen LogP contribution >= 0.6 is 0 Å². The maximum absolute atomic E-state index is 11.3. The Labute approximate surface area is 96.0 Å². The molecule has 0 saturated carbocycles. The molecule has 1 heterocycles. The molecule has 0 atom stereocenters. The third kappa shape index (κ3) is 3.67. The van der Waals surface area contributed by atoms with E-state index in [-0.39, 0.29) is 18.7 Å². The third-order valence-electron chi connectivity index (χ3n) is 2.06. The predicted molar refractivity (Wildman–Crippen MR) is 56.4 cm³/mol. The van der Waals surface area contributed by atoms with Gasteiger partial charge < -0.3 is 4.74 Å². The Hall–Kier alpha value is -2.25. The van der Waals surface area contributed by atoms with Crippen LogP contribution in [0.25, 0.3) is 0 Å². The van der Waals surface area contributed by atoms with Crippen molar-refractivity contribution in [3.8, 4) is 0 Å². The summed E-state index contributed by atoms with van der Waals surface area (Å²) in [5.74, 6) is -0.392. The second-order valence-electron chi connectivity index (χ2n) is 3.22. The molecule has 17 heavy (non-hydrogen) atoms. The van der Waals surface area contributed by atoms with Crippen LogP contribution in [0.1, 0.15) is 12.8 Å². The molecule has 0 saturated heterocycles. The highest BCUT2D eigenvalue weighted by atomic mass is 16.6. The van der Waals surface area contributed by atoms with E-state index in [0.717, 1.165) is 17.0 Å². The number of nitrogens with zero attached hydrogens (tertiary/aromatic N) is 3. The summed E-state index contributed by atoms with van der Waals surface area (Å²) in [5.41, 5.74) is -0.844. The van der Waals surface area contributed by atoms with Gasteiger partial charge in [0, 0.05) is 13.0 Å². The van der Waals surface area contributed by atoms with Crippen molar-refractivity contribution in [1.82, 2.24) is 9.55 Å². The highest BCUT2D eigenvalue weighted by Crippen LogP contribution is 2.05. The first kappa shape index (κ1) is 12.8. The molecule has 8 heteroatoms. The van der Waals surface area contributed by atoms with Crippen LogP contribution in [0.3, 0.4) is 0 Å². The second-order valence-corrected chi connectivity index (χ2v) is 3.22. The van der Waals surface area contributed by atoms with Crippen molar-refractivity contribution in [2.45, 2.75) is 19.4 Å². The molecule has 0 aliphatic rings. The fourth-order valence-corrected chi connectivity index (χ4v) is 1.19. The smallest absolute Gasteiger partial charge is 0.347 e. The first-order valence-corrected chi connectivity index (χ1v) is 4.82. The van der Waals surface area contributed by atoms with Gasteiger partial charge in [0.1, 0.15) is 6.20 Å². The molecule has 1 aromatic rings. The van der Waals surface area contributed by atoms with Gasteiger partial charge in [0.25, 0.3) is 0 Å². The Morgan fingerprint density at radius 2 is 2.35 bits per heavy atom. The van der Waals surface area contributed by atoms with Crippen LogP contribution in [0.5, 0.6) is 0 Å². The number of carbonyl (C=O) groups excluding carboxylic acids is 1. The lowest BCUT2D eigenvalue weighted by molar-refractivity contribution is -0.385. The van der Waals surface area contributed by atoms with E-state index in [0.29, 0.717) is 6.42 Å². The number of aromatic nitrogens is 2. The lowest BCUT2D eigenvalue weighted by Crippen LogP contribution is -2.23. The Balaban J connectivity index is 2.70. The van der Waals surface area contributed by atoms with Crippen LogP contribution in [0.2, 0.25) is 0 Å². The van der Waals surface area contributed by atoms with Crippen molar-refractivity contribution in [2.24, 2.45) is 0 Å². The molecule has 0 aliphatic carbocycles. The summed E-state index contributed by atoms with van der Waals surface area (Å²) in [6, 6.07) is 0. The van der Waals surface area contributed by atoms with Crippen LogP contribution in [-0.2, 0) is 16.1 Å². The number of aryl methyl sites for hydroxylation is 1. The minimum atomic E-state index is -0.636. The van der Waals surface area contributed by atoms with Gasteiger partial charge in [-0.25, -0.2) is 4.79 Å². The van der Waals surface area contributed by atoms with Crippen molar-refractivity contribution < 1.29 is 14.5 Å². The van der Waals surface area contributed by atoms with Gasteiger partial charge in [0.05, 0.1) is 18.2 Å². The van der Waals surface area contributed by atoms with Crippen LogP contribution in [0.4, 0.5) is 5.69 Å². The van der Waals surface area contributed by atoms with E-state index in [2.05, 4.69) is 9.72 Å². The third-order valence-corrected chi connectivity index (χ3v) is 2.06. The van der Waals surface area contributed by atoms with Crippen molar-refractivity contribution in [1.29, 1.82) is 0 Å². The number of hydrogen-bond donors (Lipinski definition) is 0. The quantitative estimate of drug-likeness (QED) is 0.411. The van der Waals surface area contributed by atoms with Gasteiger partial charge >= 0.3 is 17.3 Å². The fourth-order valence-electron chi connectivity index (χ4n) is 1.19. The minimum Gasteiger partial charge on any atom is -0.469 e. The fraction of sp³-hybridized carbons (Fsp3) is 0.444. The molecule has 0 aliphatic heterocycles. The molecular formula is C9H11N3O5. The van der Waals surface area contributed by atoms with Crippen molar-refractivity contribution in [3.63, 3.8) is 0 Å². The molecular weight excluding hydrogens is 230 g/mol. The predicted octanol–water partition coefficient (Wildman–Crippen LogP) is 0.105. The van der Waals surface area contributed by atoms with E-state index in [4.69, 9.17) is 0 Å². The molecule has 1 aromatic heterocycles. The van der Waals surface area contributed by atoms with Crippen molar-refractivity contribution in [3.05, 3.63) is 33.0 Å². The molecule has 0 radical (unpaired) electrons. The molecule has 8 nitrogen and oxygen atoms in total. The van der Waals surface area contributed by atoms with Crippen LogP contribution < -0.4 is 5.69 Å². The Morgan fingerprint density at radius 3 is 2.94 bits per heavy atom. The summed E-state index contributed by atoms with van der Waals surface area (Å²) in [6.07, 6.45) is 2.51. The number of nitro groups is 1. The van der Waals surface area contributed by atoms with E-state index in [1.54, 1.807) is 0 Å². The van der Waals surface area contributed by atoms with Gasteiger partial charge in [-0.1, -0.05) is 0 Å². The monoisotopic (exact) mass is 241 g/mol. The Morgan fingerprint density at radius 1 is 1.65 bits per heavy atom. The van der Waals surface area contributed by atoms with E-state index in [1.807, 2.05) is 0 Å². The van der Waals surface area contributed by atoms with E-state index in [1.165, 1.54) is 7.11 Å². The van der Waals surface area contributed by atoms with Crippen LogP contribution in [0.15, 0.2) is 17.2 Å². The minimum absolute atomic E-state index is 0.144. The Bertz CT molecular complexity index is 482. The molecule has 0 spiro atoms. The molecule has 0 fully saturated rings. The number of carbonyl (C=O) groups is 1. The van der Waals surface area contributed by atoms with E-state index < -0.39 is 16.6 Å². The molecule has 0 bridgehead atoms. The standard InChI is InChI=1S/C9H11N3O5/c1-17-8(13)3-2-4-11-6-7(12(15)16)5-10-9(11)14/h5-6H,2-4H2,1H3. The normalized spacial score (nSPS) is 9.94. The number of esters is 1. The van der Waals surface area contributed by atoms with E-state index >= 15 is 0 Å². The average molecular weight is 241 g/mol. The molecule has 1 rings (SSSR count). The zero-order chi connectivity index (χ0) is 12.8. The van der Waals surface area contributed by atoms with Gasteiger partial charge in [-0.3, -0.25) is 19.5 Å². The van der Waals surface area contributed by atoms with Gasteiger partial charge in [0.15, 0.2) is 0 Å². The highest BCUT2D eigenvalue weighted by molar-refractivity contribution is 5.68. The van der Waals surface area contributed by atoms with Crippen LogP contribution in [0, 0.1) is 10.1 Å². The number of hydrogen-bond acceptors (Lipinski definition) is 6. The number of methoxy groups -OCH3 is 1. The van der Waals surface area contributed by atoms with Gasteiger partial charge in [-0.15, -0.1) is 0 Å². The molecule has 0 amide bonds. The average Bonchev–Trinajstić information content (AvgIpc) is 2.30. The zero-order valence-electron chi connectivity index (χ0n) is 9.16. The van der Waals surface area contributed by atoms with Crippen LogP contribution in [-0.4, -0.2) is 27.6 Å². The summed E-state index contributed by atoms with van der Waals surface area (Å²) in [4.78, 5) is 35.3. The summed E-state index contributed by atoms with van der Waals surface area (Å²) in [7, 11) is 1.27. The maximum Gasteiger partial charge on any atom is 0.347 e. The SMILES string of the molecule is COC(=O)CCCn1cc([N+](=O)[O-])cnc1=O. The lowest BCUT2D eigenvalue weighted by Gasteiger charge is -2.03. The summed E-state index contributed by atoms with van der Waals surface area (Å²) in [6.45, 7) is 0.183. The summed E-state index contributed by atoms with van der Waals surface area (Å²) < 4.78 is 5.53. The van der Waals surface area contributed by atoms with Gasteiger partial charge in [-0.2, -0.15) is 4.98 Å². The van der Waals surface area contributed by atoms with Gasteiger partial charge in [0.2, 0.25) is 0 Å². The maximum atomic E-state index is 11.3. The largest absolute Gasteiger partial charge is 0.469 e. The number of rotatable bonds is 5. The first-order chi connectivity index (χ1) is 8.04. The number of ether oxygens (including phenoxy) is 1. The molecule has 0 unspecified atom stereocenters. The van der Waals surface area contributed by atoms with Crippen molar-refractivity contribution >= 4 is 11.7 Å². The second kappa shape index (κ2) is 5.73. The molecule has 0 aromatic carbocycles. The zero-order valence-corrected chi connectivity index (χ0v) is 9.16. The first-order valence-electron chi connectivity index (χ1n) is 4.82. The van der Waals surface area contributed by atoms with Crippen molar-refractivity contribution in [2.75, 3.05) is 7.11 Å². The summed E-state index contributed by atoms with van der Waals surface area (Å²) in [5, 5.41) is 10.5. The van der Waals surface area contributed by atoms with Gasteiger partial charge in [-0.05, 0) is 6.42 Å². The Kier molecular flexibility index (Phi) is 4.32. The van der Waals surface area contributed by atoms with E-state index in [9.17, 15) is 19.7 Å². The highest BCUT2D eigenvalue weighted by Gasteiger charge is 2.09. The topological polar surface area (TPSA) is 104 Å². The summed E-state index contributed by atoms with van der Waals surface area (Å²) >= 11 is 0. The lowest BCUT2D eigenvalue weighted by atomic mass is 10.3. The molecule has 0 N–H and O–H groups in total. The molecule has 92 valence electrons.